The number of ether oxygens (including phenoxy) is 3. The molecule has 3 heterocycles. The Morgan fingerprint density at radius 2 is 2.08 bits per heavy atom. The molecule has 0 aliphatic carbocycles. The summed E-state index contributed by atoms with van der Waals surface area (Å²) < 4.78 is 16.9. The van der Waals surface area contributed by atoms with Crippen LogP contribution in [0.5, 0.6) is 17.2 Å². The van der Waals surface area contributed by atoms with Crippen LogP contribution in [-0.2, 0) is 6.54 Å². The Balaban J connectivity index is 1.56. The first-order valence-corrected chi connectivity index (χ1v) is 9.42. The van der Waals surface area contributed by atoms with Crippen molar-refractivity contribution in [3.63, 3.8) is 0 Å². The van der Waals surface area contributed by atoms with Gasteiger partial charge in [-0.25, -0.2) is 0 Å². The topological polar surface area (TPSA) is 54.4 Å². The van der Waals surface area contributed by atoms with E-state index in [0.29, 0.717) is 18.7 Å². The molecule has 2 atom stereocenters. The molecule has 1 N–H and O–H groups in total. The molecule has 3 aliphatic rings. The molecule has 2 fully saturated rings. The van der Waals surface area contributed by atoms with E-state index in [1.807, 2.05) is 13.0 Å². The zero-order valence-corrected chi connectivity index (χ0v) is 14.9. The number of aliphatic hydroxyl groups is 1. The van der Waals surface area contributed by atoms with E-state index in [1.165, 1.54) is 19.4 Å². The number of hydrogen-bond acceptors (Lipinski definition) is 6. The van der Waals surface area contributed by atoms with E-state index >= 15 is 0 Å². The number of fused-ring (bicyclic) bond motifs is 2. The average Bonchev–Trinajstić information content (AvgIpc) is 3.24. The van der Waals surface area contributed by atoms with E-state index in [4.69, 9.17) is 14.2 Å². The fourth-order valence-corrected chi connectivity index (χ4v) is 4.36. The normalized spacial score (nSPS) is 26.0. The van der Waals surface area contributed by atoms with Gasteiger partial charge in [0.25, 0.3) is 0 Å². The molecule has 0 bridgehead atoms. The van der Waals surface area contributed by atoms with Gasteiger partial charge < -0.3 is 19.3 Å². The predicted molar refractivity (Wildman–Crippen MR) is 94.2 cm³/mol. The Morgan fingerprint density at radius 1 is 1.24 bits per heavy atom. The van der Waals surface area contributed by atoms with Gasteiger partial charge in [0.2, 0.25) is 6.79 Å². The van der Waals surface area contributed by atoms with Crippen LogP contribution in [0.1, 0.15) is 31.7 Å². The van der Waals surface area contributed by atoms with Crippen molar-refractivity contribution >= 4 is 0 Å². The summed E-state index contributed by atoms with van der Waals surface area (Å²) in [5.41, 5.74) is 1.14. The van der Waals surface area contributed by atoms with Gasteiger partial charge in [-0.2, -0.15) is 0 Å². The fourth-order valence-electron chi connectivity index (χ4n) is 4.36. The number of rotatable bonds is 6. The Morgan fingerprint density at radius 3 is 2.88 bits per heavy atom. The van der Waals surface area contributed by atoms with Crippen LogP contribution < -0.4 is 14.2 Å². The molecule has 0 amide bonds. The standard InChI is InChI=1S/C19H28N2O4/c1-2-23-17-9-19-18(24-13-25-19)8-14(17)10-21-12-15-4-3-6-20(15)11-16(21)5-7-22/h8-9,15-16,22H,2-7,10-13H2,1H3/t15-,16+/m1/s1. The van der Waals surface area contributed by atoms with E-state index in [9.17, 15) is 5.11 Å². The third-order valence-corrected chi connectivity index (χ3v) is 5.60. The number of benzene rings is 1. The third-order valence-electron chi connectivity index (χ3n) is 5.60. The minimum atomic E-state index is 0.235. The first kappa shape index (κ1) is 16.9. The molecule has 4 rings (SSSR count). The molecule has 0 spiro atoms. The molecule has 6 nitrogen and oxygen atoms in total. The van der Waals surface area contributed by atoms with Gasteiger partial charge in [-0.05, 0) is 38.8 Å². The lowest BCUT2D eigenvalue weighted by atomic mass is 10.0. The predicted octanol–water partition coefficient (Wildman–Crippen LogP) is 1.84. The highest BCUT2D eigenvalue weighted by Gasteiger charge is 2.36. The molecule has 6 heteroatoms. The van der Waals surface area contributed by atoms with E-state index in [0.717, 1.165) is 48.9 Å². The van der Waals surface area contributed by atoms with Crippen LogP contribution in [0.15, 0.2) is 12.1 Å². The number of nitrogens with zero attached hydrogens (tertiary/aromatic N) is 2. The Labute approximate surface area is 149 Å². The van der Waals surface area contributed by atoms with Crippen LogP contribution in [0.3, 0.4) is 0 Å². The van der Waals surface area contributed by atoms with Gasteiger partial charge in [0.05, 0.1) is 6.61 Å². The second kappa shape index (κ2) is 7.40. The summed E-state index contributed by atoms with van der Waals surface area (Å²) in [5, 5.41) is 9.50. The van der Waals surface area contributed by atoms with E-state index in [2.05, 4.69) is 15.9 Å². The second-order valence-corrected chi connectivity index (χ2v) is 7.13. The molecule has 0 radical (unpaired) electrons. The first-order chi connectivity index (χ1) is 12.3. The highest BCUT2D eigenvalue weighted by atomic mass is 16.7. The molecule has 1 aromatic carbocycles. The van der Waals surface area contributed by atoms with Crippen LogP contribution in [0.25, 0.3) is 0 Å². The maximum absolute atomic E-state index is 9.50. The lowest BCUT2D eigenvalue weighted by Crippen LogP contribution is -2.55. The molecule has 25 heavy (non-hydrogen) atoms. The fraction of sp³-hybridized carbons (Fsp3) is 0.684. The zero-order chi connectivity index (χ0) is 17.2. The Bertz CT molecular complexity index is 609. The van der Waals surface area contributed by atoms with Gasteiger partial charge in [0, 0.05) is 50.0 Å². The Kier molecular flexibility index (Phi) is 5.01. The van der Waals surface area contributed by atoms with E-state index in [-0.39, 0.29) is 13.4 Å². The van der Waals surface area contributed by atoms with E-state index in [1.54, 1.807) is 0 Å². The van der Waals surface area contributed by atoms with Gasteiger partial charge in [-0.15, -0.1) is 0 Å². The van der Waals surface area contributed by atoms with Crippen molar-refractivity contribution in [2.75, 3.05) is 39.6 Å². The maximum atomic E-state index is 9.50. The van der Waals surface area contributed by atoms with Crippen molar-refractivity contribution in [3.8, 4) is 17.2 Å². The van der Waals surface area contributed by atoms with Crippen molar-refractivity contribution in [3.05, 3.63) is 17.7 Å². The lowest BCUT2D eigenvalue weighted by Gasteiger charge is -2.43. The minimum Gasteiger partial charge on any atom is -0.493 e. The highest BCUT2D eigenvalue weighted by Crippen LogP contribution is 2.39. The van der Waals surface area contributed by atoms with Crippen molar-refractivity contribution in [2.45, 2.75) is 44.8 Å². The summed E-state index contributed by atoms with van der Waals surface area (Å²) in [4.78, 5) is 5.11. The van der Waals surface area contributed by atoms with E-state index < -0.39 is 0 Å². The van der Waals surface area contributed by atoms with Crippen LogP contribution in [0, 0.1) is 0 Å². The number of aliphatic hydroxyl groups excluding tert-OH is 1. The van der Waals surface area contributed by atoms with Crippen molar-refractivity contribution in [2.24, 2.45) is 0 Å². The van der Waals surface area contributed by atoms with Crippen LogP contribution in [0.2, 0.25) is 0 Å². The summed E-state index contributed by atoms with van der Waals surface area (Å²) in [6.07, 6.45) is 3.39. The summed E-state index contributed by atoms with van der Waals surface area (Å²) >= 11 is 0. The number of hydrogen-bond donors (Lipinski definition) is 1. The molecule has 1 aromatic rings. The molecular formula is C19H28N2O4. The highest BCUT2D eigenvalue weighted by molar-refractivity contribution is 5.51. The molecule has 0 aromatic heterocycles. The molecule has 0 unspecified atom stereocenters. The maximum Gasteiger partial charge on any atom is 0.231 e. The van der Waals surface area contributed by atoms with Crippen molar-refractivity contribution < 1.29 is 19.3 Å². The Hall–Kier alpha value is -1.50. The SMILES string of the molecule is CCOc1cc2c(cc1CN1C[C@H]3CCCN3C[C@@H]1CCO)OCO2. The first-order valence-electron chi connectivity index (χ1n) is 9.42. The van der Waals surface area contributed by atoms with Gasteiger partial charge in [0.15, 0.2) is 11.5 Å². The molecule has 138 valence electrons. The van der Waals surface area contributed by atoms with Gasteiger partial charge in [0.1, 0.15) is 5.75 Å². The largest absolute Gasteiger partial charge is 0.493 e. The monoisotopic (exact) mass is 348 g/mol. The molecule has 2 saturated heterocycles. The smallest absolute Gasteiger partial charge is 0.231 e. The lowest BCUT2D eigenvalue weighted by molar-refractivity contribution is 0.0328. The molecule has 0 saturated carbocycles. The summed E-state index contributed by atoms with van der Waals surface area (Å²) in [6.45, 7) is 7.28. The summed E-state index contributed by atoms with van der Waals surface area (Å²) in [7, 11) is 0. The summed E-state index contributed by atoms with van der Waals surface area (Å²) in [6, 6.07) is 5.05. The average molecular weight is 348 g/mol. The number of piperazine rings is 1. The van der Waals surface area contributed by atoms with Gasteiger partial charge in [-0.1, -0.05) is 0 Å². The van der Waals surface area contributed by atoms with Crippen LogP contribution >= 0.6 is 0 Å². The third kappa shape index (κ3) is 3.43. The van der Waals surface area contributed by atoms with Crippen molar-refractivity contribution in [1.82, 2.24) is 9.80 Å². The van der Waals surface area contributed by atoms with Gasteiger partial charge >= 0.3 is 0 Å². The molecular weight excluding hydrogens is 320 g/mol. The minimum absolute atomic E-state index is 0.235. The second-order valence-electron chi connectivity index (χ2n) is 7.13. The summed E-state index contributed by atoms with van der Waals surface area (Å²) in [5.74, 6) is 2.44. The molecule has 3 aliphatic heterocycles. The van der Waals surface area contributed by atoms with Gasteiger partial charge in [-0.3, -0.25) is 9.80 Å². The van der Waals surface area contributed by atoms with Crippen LogP contribution in [-0.4, -0.2) is 66.6 Å². The van der Waals surface area contributed by atoms with Crippen LogP contribution in [0.4, 0.5) is 0 Å². The zero-order valence-electron chi connectivity index (χ0n) is 14.9. The van der Waals surface area contributed by atoms with Crippen molar-refractivity contribution in [1.29, 1.82) is 0 Å². The quantitative estimate of drug-likeness (QED) is 0.847.